The second kappa shape index (κ2) is 5.31. The molecule has 7 nitrogen and oxygen atoms in total. The number of aliphatic imine (C=N–C) groups is 1. The van der Waals surface area contributed by atoms with Gasteiger partial charge < -0.3 is 4.57 Å². The molecule has 26 heavy (non-hydrogen) atoms. The van der Waals surface area contributed by atoms with Crippen LogP contribution in [0.5, 0.6) is 0 Å². The molecule has 2 aromatic heterocycles. The minimum absolute atomic E-state index is 0.0550. The van der Waals surface area contributed by atoms with Gasteiger partial charge in [-0.1, -0.05) is 17.7 Å². The molecule has 1 atom stereocenters. The lowest BCUT2D eigenvalue weighted by molar-refractivity contribution is -0.0765. The number of fused-ring (bicyclic) bond motifs is 3. The fourth-order valence-corrected chi connectivity index (χ4v) is 4.13. The van der Waals surface area contributed by atoms with Crippen molar-refractivity contribution in [2.45, 2.75) is 38.5 Å². The van der Waals surface area contributed by atoms with Gasteiger partial charge >= 0.3 is 0 Å². The summed E-state index contributed by atoms with van der Waals surface area (Å²) >= 11 is 6.45. The fourth-order valence-electron chi connectivity index (χ4n) is 3.87. The molecule has 1 saturated carbocycles. The highest BCUT2D eigenvalue weighted by Gasteiger charge is 2.53. The number of nitrogens with one attached hydrogen (secondary N) is 1. The molecular formula is C18H18ClN5O2. The van der Waals surface area contributed by atoms with E-state index in [0.29, 0.717) is 21.7 Å². The van der Waals surface area contributed by atoms with Crippen molar-refractivity contribution in [2.24, 2.45) is 10.9 Å². The first-order valence-corrected chi connectivity index (χ1v) is 9.10. The van der Waals surface area contributed by atoms with E-state index >= 15 is 0 Å². The van der Waals surface area contributed by atoms with Gasteiger partial charge in [-0.05, 0) is 38.8 Å². The molecule has 0 radical (unpaired) electrons. The number of benzene rings is 1. The van der Waals surface area contributed by atoms with Crippen LogP contribution < -0.4 is 11.0 Å². The fraction of sp³-hybridized carbons (Fsp3) is 0.389. The third-order valence-corrected chi connectivity index (χ3v) is 5.47. The molecule has 0 spiro atoms. The maximum Gasteiger partial charge on any atom is 0.277 e. The summed E-state index contributed by atoms with van der Waals surface area (Å²) in [7, 11) is 0. The van der Waals surface area contributed by atoms with Crippen molar-refractivity contribution in [1.29, 1.82) is 0 Å². The van der Waals surface area contributed by atoms with Crippen LogP contribution in [-0.4, -0.2) is 20.3 Å². The summed E-state index contributed by atoms with van der Waals surface area (Å²) in [5.74, 6) is 0.217. The molecule has 0 bridgehead atoms. The van der Waals surface area contributed by atoms with E-state index in [-0.39, 0.29) is 17.5 Å². The largest absolute Gasteiger partial charge is 0.301 e. The predicted octanol–water partition coefficient (Wildman–Crippen LogP) is 3.01. The van der Waals surface area contributed by atoms with Crippen LogP contribution in [0.1, 0.15) is 38.4 Å². The molecule has 1 aliphatic heterocycles. The summed E-state index contributed by atoms with van der Waals surface area (Å²) in [5, 5.41) is 0.541. The van der Waals surface area contributed by atoms with Gasteiger partial charge in [-0.15, -0.1) is 0 Å². The van der Waals surface area contributed by atoms with Crippen LogP contribution in [0.4, 0.5) is 0 Å². The smallest absolute Gasteiger partial charge is 0.277 e. The third-order valence-electron chi connectivity index (χ3n) is 5.16. The number of hydroxylamine groups is 1. The van der Waals surface area contributed by atoms with E-state index < -0.39 is 5.72 Å². The van der Waals surface area contributed by atoms with Gasteiger partial charge in [0.2, 0.25) is 5.72 Å². The summed E-state index contributed by atoms with van der Waals surface area (Å²) in [6.45, 7) is 3.94. The van der Waals surface area contributed by atoms with Crippen LogP contribution in [0.25, 0.3) is 16.6 Å². The van der Waals surface area contributed by atoms with E-state index in [0.717, 1.165) is 18.4 Å². The Balaban J connectivity index is 1.94. The number of imidazole rings is 1. The Morgan fingerprint density at radius 2 is 2.15 bits per heavy atom. The highest BCUT2D eigenvalue weighted by Crippen LogP contribution is 2.50. The van der Waals surface area contributed by atoms with Gasteiger partial charge in [0.25, 0.3) is 5.56 Å². The highest BCUT2D eigenvalue weighted by atomic mass is 35.5. The number of halogens is 1. The van der Waals surface area contributed by atoms with Gasteiger partial charge in [0.05, 0.1) is 16.1 Å². The van der Waals surface area contributed by atoms with E-state index in [4.69, 9.17) is 16.4 Å². The molecule has 0 amide bonds. The van der Waals surface area contributed by atoms with E-state index in [1.807, 2.05) is 26.0 Å². The van der Waals surface area contributed by atoms with Crippen LogP contribution >= 0.6 is 11.6 Å². The van der Waals surface area contributed by atoms with Gasteiger partial charge in [-0.25, -0.2) is 14.8 Å². The molecule has 1 unspecified atom stereocenters. The van der Waals surface area contributed by atoms with Crippen LogP contribution in [0, 0.1) is 5.92 Å². The van der Waals surface area contributed by atoms with Gasteiger partial charge in [0, 0.05) is 12.0 Å². The maximum absolute atomic E-state index is 13.5. The lowest BCUT2D eigenvalue weighted by atomic mass is 10.0. The number of hydrogen-bond acceptors (Lipinski definition) is 5. The zero-order valence-corrected chi connectivity index (χ0v) is 15.2. The molecule has 1 aromatic carbocycles. The SMILES string of the molecule is CC(C)n1c(=O)c2c(C3(C4CC4)N=CNO3)ncn2c2cccc(Cl)c21. The predicted molar refractivity (Wildman–Crippen MR) is 99.5 cm³/mol. The zero-order chi connectivity index (χ0) is 18.1. The van der Waals surface area contributed by atoms with Gasteiger partial charge in [0.15, 0.2) is 0 Å². The molecule has 1 fully saturated rings. The minimum atomic E-state index is -0.936. The van der Waals surface area contributed by atoms with Crippen molar-refractivity contribution >= 4 is 34.5 Å². The van der Waals surface area contributed by atoms with Gasteiger partial charge in [-0.2, -0.15) is 0 Å². The molecule has 5 rings (SSSR count). The second-order valence-corrected chi connectivity index (χ2v) is 7.54. The van der Waals surface area contributed by atoms with E-state index in [2.05, 4.69) is 15.5 Å². The molecule has 3 heterocycles. The van der Waals surface area contributed by atoms with Gasteiger partial charge in [0.1, 0.15) is 23.9 Å². The van der Waals surface area contributed by atoms with Crippen molar-refractivity contribution in [3.63, 3.8) is 0 Å². The number of nitrogens with zero attached hydrogens (tertiary/aromatic N) is 4. The molecule has 8 heteroatoms. The van der Waals surface area contributed by atoms with Crippen LogP contribution in [-0.2, 0) is 10.6 Å². The van der Waals surface area contributed by atoms with Crippen molar-refractivity contribution < 1.29 is 4.84 Å². The topological polar surface area (TPSA) is 72.9 Å². The van der Waals surface area contributed by atoms with Gasteiger partial charge in [-0.3, -0.25) is 14.7 Å². The average Bonchev–Trinajstić information content (AvgIpc) is 3.18. The Kier molecular flexibility index (Phi) is 3.24. The molecule has 134 valence electrons. The third kappa shape index (κ3) is 1.95. The van der Waals surface area contributed by atoms with E-state index in [1.165, 1.54) is 6.34 Å². The average molecular weight is 372 g/mol. The Labute approximate surface area is 154 Å². The van der Waals surface area contributed by atoms with Crippen molar-refractivity contribution in [1.82, 2.24) is 19.4 Å². The van der Waals surface area contributed by atoms with Crippen molar-refractivity contribution in [3.8, 4) is 0 Å². The first-order valence-electron chi connectivity index (χ1n) is 8.72. The zero-order valence-electron chi connectivity index (χ0n) is 14.4. The summed E-state index contributed by atoms with van der Waals surface area (Å²) in [5.41, 5.74) is 4.23. The lowest BCUT2D eigenvalue weighted by Crippen LogP contribution is -2.33. The molecular weight excluding hydrogens is 354 g/mol. The first kappa shape index (κ1) is 15.8. The van der Waals surface area contributed by atoms with Crippen LogP contribution in [0.15, 0.2) is 34.3 Å². The first-order chi connectivity index (χ1) is 12.5. The Morgan fingerprint density at radius 3 is 2.81 bits per heavy atom. The van der Waals surface area contributed by atoms with Crippen LogP contribution in [0.2, 0.25) is 5.02 Å². The lowest BCUT2D eigenvalue weighted by Gasteiger charge is -2.23. The minimum Gasteiger partial charge on any atom is -0.301 e. The summed E-state index contributed by atoms with van der Waals surface area (Å²) in [6.07, 6.45) is 5.19. The summed E-state index contributed by atoms with van der Waals surface area (Å²) < 4.78 is 3.53. The van der Waals surface area contributed by atoms with E-state index in [9.17, 15) is 4.79 Å². The molecule has 1 N–H and O–H groups in total. The number of rotatable bonds is 3. The molecule has 3 aromatic rings. The highest BCUT2D eigenvalue weighted by molar-refractivity contribution is 6.35. The summed E-state index contributed by atoms with van der Waals surface area (Å²) in [6, 6.07) is 5.56. The summed E-state index contributed by atoms with van der Waals surface area (Å²) in [4.78, 5) is 28.4. The number of aromatic nitrogens is 3. The second-order valence-electron chi connectivity index (χ2n) is 7.14. The van der Waals surface area contributed by atoms with Crippen molar-refractivity contribution in [2.75, 3.05) is 0 Å². The number of hydrogen-bond donors (Lipinski definition) is 1. The Bertz CT molecular complexity index is 1130. The normalized spacial score (nSPS) is 22.6. The Morgan fingerprint density at radius 1 is 1.35 bits per heavy atom. The molecule has 2 aliphatic rings. The van der Waals surface area contributed by atoms with Crippen LogP contribution in [0.3, 0.4) is 0 Å². The molecule has 1 aliphatic carbocycles. The number of para-hydroxylation sites is 1. The standard InChI is InChI=1S/C18H18ClN5O2/c1-10(2)24-14-12(19)4-3-5-13(14)23-9-20-16(15(23)17(24)25)18(11-6-7-11)21-8-22-26-18/h3-5,8-11H,6-7H2,1-2H3,(H,21,22). The quantitative estimate of drug-likeness (QED) is 0.768. The maximum atomic E-state index is 13.5. The monoisotopic (exact) mass is 371 g/mol. The van der Waals surface area contributed by atoms with Crippen molar-refractivity contribution in [3.05, 3.63) is 45.6 Å². The molecule has 0 saturated heterocycles. The van der Waals surface area contributed by atoms with E-state index in [1.54, 1.807) is 21.4 Å². The Hall–Kier alpha value is -2.38.